The summed E-state index contributed by atoms with van der Waals surface area (Å²) in [4.78, 5) is 10.4. The lowest BCUT2D eigenvalue weighted by atomic mass is 10.0. The lowest BCUT2D eigenvalue weighted by Crippen LogP contribution is -2.21. The summed E-state index contributed by atoms with van der Waals surface area (Å²) in [6, 6.07) is 0. The molecule has 86 valence electrons. The molecule has 0 saturated heterocycles. The van der Waals surface area contributed by atoms with Gasteiger partial charge in [-0.3, -0.25) is 0 Å². The molecule has 0 bridgehead atoms. The van der Waals surface area contributed by atoms with Gasteiger partial charge in [-0.1, -0.05) is 32.3 Å². The first kappa shape index (κ1) is 12.2. The van der Waals surface area contributed by atoms with Crippen LogP contribution in [0.4, 0.5) is 0 Å². The van der Waals surface area contributed by atoms with Crippen LogP contribution in [0, 0.1) is 5.92 Å². The van der Waals surface area contributed by atoms with Crippen LogP contribution in [0.5, 0.6) is 0 Å². The maximum Gasteiger partial charge on any atom is 0.332 e. The third kappa shape index (κ3) is 4.98. The zero-order chi connectivity index (χ0) is 11.1. The highest BCUT2D eigenvalue weighted by molar-refractivity contribution is 5.86. The highest BCUT2D eigenvalue weighted by Gasteiger charge is 2.13. The van der Waals surface area contributed by atoms with E-state index in [1.807, 2.05) is 0 Å². The van der Waals surface area contributed by atoms with Crippen LogP contribution in [0.15, 0.2) is 12.2 Å². The van der Waals surface area contributed by atoms with Crippen molar-refractivity contribution in [2.45, 2.75) is 38.5 Å². The summed E-state index contributed by atoms with van der Waals surface area (Å²) in [5.74, 6) is 0.0211. The van der Waals surface area contributed by atoms with Crippen LogP contribution >= 0.6 is 0 Å². The summed E-state index contributed by atoms with van der Waals surface area (Å²) in [6.45, 7) is 4.78. The zero-order valence-electron chi connectivity index (χ0n) is 9.30. The molecule has 2 N–H and O–H groups in total. The van der Waals surface area contributed by atoms with Crippen LogP contribution in [0.2, 0.25) is 0 Å². The minimum Gasteiger partial charge on any atom is -0.478 e. The van der Waals surface area contributed by atoms with Crippen molar-refractivity contribution in [2.24, 2.45) is 5.92 Å². The van der Waals surface area contributed by atoms with Gasteiger partial charge in [0.05, 0.1) is 0 Å². The summed E-state index contributed by atoms with van der Waals surface area (Å²) in [5.41, 5.74) is 0.246. The Labute approximate surface area is 91.6 Å². The molecule has 0 spiro atoms. The van der Waals surface area contributed by atoms with Crippen LogP contribution < -0.4 is 5.32 Å². The van der Waals surface area contributed by atoms with Crippen molar-refractivity contribution in [3.8, 4) is 0 Å². The highest BCUT2D eigenvalue weighted by atomic mass is 16.4. The van der Waals surface area contributed by atoms with E-state index in [2.05, 4.69) is 11.9 Å². The van der Waals surface area contributed by atoms with E-state index in [0.29, 0.717) is 6.54 Å². The Kier molecular flexibility index (Phi) is 5.40. The van der Waals surface area contributed by atoms with Crippen LogP contribution in [0.3, 0.4) is 0 Å². The number of carboxylic acids is 1. The van der Waals surface area contributed by atoms with E-state index < -0.39 is 5.97 Å². The average Bonchev–Trinajstić information content (AvgIpc) is 2.69. The van der Waals surface area contributed by atoms with Gasteiger partial charge in [-0.25, -0.2) is 4.79 Å². The van der Waals surface area contributed by atoms with Crippen molar-refractivity contribution in [1.29, 1.82) is 0 Å². The standard InChI is InChI=1S/C12H21NO2/c1-10(12(14)15)9-13-8-4-7-11-5-2-3-6-11/h11,13H,1-9H2,(H,14,15). The van der Waals surface area contributed by atoms with Gasteiger partial charge in [0.2, 0.25) is 0 Å². The fraction of sp³-hybridized carbons (Fsp3) is 0.750. The first-order chi connectivity index (χ1) is 7.20. The Hall–Kier alpha value is -0.830. The van der Waals surface area contributed by atoms with E-state index in [0.717, 1.165) is 18.9 Å². The fourth-order valence-corrected chi connectivity index (χ4v) is 2.13. The van der Waals surface area contributed by atoms with Gasteiger partial charge in [-0.15, -0.1) is 0 Å². The van der Waals surface area contributed by atoms with E-state index in [1.54, 1.807) is 0 Å². The number of hydrogen-bond acceptors (Lipinski definition) is 2. The normalized spacial score (nSPS) is 16.8. The largest absolute Gasteiger partial charge is 0.478 e. The summed E-state index contributed by atoms with van der Waals surface area (Å²) < 4.78 is 0. The molecular formula is C12H21NO2. The zero-order valence-corrected chi connectivity index (χ0v) is 9.30. The highest BCUT2D eigenvalue weighted by Crippen LogP contribution is 2.28. The molecule has 0 aliphatic heterocycles. The van der Waals surface area contributed by atoms with E-state index in [4.69, 9.17) is 5.11 Å². The van der Waals surface area contributed by atoms with Crippen molar-refractivity contribution in [3.63, 3.8) is 0 Å². The molecule has 0 aromatic rings. The number of carboxylic acid groups (broad SMARTS) is 1. The molecule has 0 unspecified atom stereocenters. The number of rotatable bonds is 7. The number of nitrogens with one attached hydrogen (secondary N) is 1. The Morgan fingerprint density at radius 1 is 1.40 bits per heavy atom. The van der Waals surface area contributed by atoms with Gasteiger partial charge in [0.25, 0.3) is 0 Å². The van der Waals surface area contributed by atoms with Crippen molar-refractivity contribution in [1.82, 2.24) is 5.32 Å². The summed E-state index contributed by atoms with van der Waals surface area (Å²) in [7, 11) is 0. The van der Waals surface area contributed by atoms with Crippen LogP contribution in [0.25, 0.3) is 0 Å². The van der Waals surface area contributed by atoms with Gasteiger partial charge in [0.1, 0.15) is 0 Å². The molecule has 0 radical (unpaired) electrons. The molecule has 15 heavy (non-hydrogen) atoms. The van der Waals surface area contributed by atoms with Crippen molar-refractivity contribution in [3.05, 3.63) is 12.2 Å². The second kappa shape index (κ2) is 6.62. The van der Waals surface area contributed by atoms with Gasteiger partial charge in [0.15, 0.2) is 0 Å². The monoisotopic (exact) mass is 211 g/mol. The van der Waals surface area contributed by atoms with Gasteiger partial charge in [-0.2, -0.15) is 0 Å². The first-order valence-electron chi connectivity index (χ1n) is 5.82. The molecule has 0 atom stereocenters. The summed E-state index contributed by atoms with van der Waals surface area (Å²) in [5, 5.41) is 11.7. The third-order valence-corrected chi connectivity index (χ3v) is 3.08. The summed E-state index contributed by atoms with van der Waals surface area (Å²) >= 11 is 0. The molecule has 1 saturated carbocycles. The molecule has 0 aromatic carbocycles. The fourth-order valence-electron chi connectivity index (χ4n) is 2.13. The molecule has 1 rings (SSSR count). The van der Waals surface area contributed by atoms with E-state index in [9.17, 15) is 4.79 Å². The van der Waals surface area contributed by atoms with Crippen molar-refractivity contribution >= 4 is 5.97 Å². The number of carbonyl (C=O) groups is 1. The van der Waals surface area contributed by atoms with Crippen molar-refractivity contribution < 1.29 is 9.90 Å². The minimum absolute atomic E-state index is 0.246. The van der Waals surface area contributed by atoms with E-state index in [1.165, 1.54) is 32.1 Å². The maximum absolute atomic E-state index is 10.4. The smallest absolute Gasteiger partial charge is 0.332 e. The molecule has 1 aliphatic carbocycles. The van der Waals surface area contributed by atoms with Crippen molar-refractivity contribution in [2.75, 3.05) is 13.1 Å². The molecule has 1 fully saturated rings. The second-order valence-corrected chi connectivity index (χ2v) is 4.38. The molecule has 0 amide bonds. The van der Waals surface area contributed by atoms with Gasteiger partial charge in [0, 0.05) is 12.1 Å². The van der Waals surface area contributed by atoms with Crippen LogP contribution in [-0.2, 0) is 4.79 Å². The predicted molar refractivity (Wildman–Crippen MR) is 60.8 cm³/mol. The van der Waals surface area contributed by atoms with E-state index in [-0.39, 0.29) is 5.57 Å². The lowest BCUT2D eigenvalue weighted by molar-refractivity contribution is -0.132. The molecule has 3 heteroatoms. The molecule has 1 aliphatic rings. The number of aliphatic carboxylic acids is 1. The maximum atomic E-state index is 10.4. The Bertz CT molecular complexity index is 220. The van der Waals surface area contributed by atoms with Gasteiger partial charge < -0.3 is 10.4 Å². The number of hydrogen-bond donors (Lipinski definition) is 2. The second-order valence-electron chi connectivity index (χ2n) is 4.38. The summed E-state index contributed by atoms with van der Waals surface area (Å²) in [6.07, 6.45) is 8.01. The minimum atomic E-state index is -0.904. The van der Waals surface area contributed by atoms with Crippen LogP contribution in [0.1, 0.15) is 38.5 Å². The Balaban J connectivity index is 1.92. The Morgan fingerprint density at radius 3 is 2.67 bits per heavy atom. The Morgan fingerprint density at radius 2 is 2.07 bits per heavy atom. The molecular weight excluding hydrogens is 190 g/mol. The molecule has 3 nitrogen and oxygen atoms in total. The lowest BCUT2D eigenvalue weighted by Gasteiger charge is -2.09. The molecule has 0 heterocycles. The van der Waals surface area contributed by atoms with Gasteiger partial charge in [-0.05, 0) is 25.3 Å². The molecule has 0 aromatic heterocycles. The average molecular weight is 211 g/mol. The SMILES string of the molecule is C=C(CNCCCC1CCCC1)C(=O)O. The van der Waals surface area contributed by atoms with Crippen LogP contribution in [-0.4, -0.2) is 24.2 Å². The topological polar surface area (TPSA) is 49.3 Å². The van der Waals surface area contributed by atoms with Gasteiger partial charge >= 0.3 is 5.97 Å². The first-order valence-corrected chi connectivity index (χ1v) is 5.82. The third-order valence-electron chi connectivity index (χ3n) is 3.08. The predicted octanol–water partition coefficient (Wildman–Crippen LogP) is 2.19. The van der Waals surface area contributed by atoms with E-state index >= 15 is 0 Å². The quantitative estimate of drug-likeness (QED) is 0.501.